The Balaban J connectivity index is 1.70. The number of likely N-dealkylation sites (N-methyl/N-ethyl adjacent to an activating group) is 1. The Labute approximate surface area is 103 Å². The van der Waals surface area contributed by atoms with Crippen LogP contribution in [0, 0.1) is 5.92 Å². The van der Waals surface area contributed by atoms with Crippen molar-refractivity contribution >= 4 is 0 Å². The fourth-order valence-corrected chi connectivity index (χ4v) is 1.89. The van der Waals surface area contributed by atoms with Crippen LogP contribution in [0.2, 0.25) is 0 Å². The first-order chi connectivity index (χ1) is 8.31. The minimum absolute atomic E-state index is 0.148. The van der Waals surface area contributed by atoms with E-state index in [1.165, 1.54) is 12.8 Å². The molecule has 1 aromatic heterocycles. The minimum atomic E-state index is 0.148. The molecule has 1 aliphatic rings. The molecule has 4 heteroatoms. The predicted octanol–water partition coefficient (Wildman–Crippen LogP) is 1.64. The van der Waals surface area contributed by atoms with Gasteiger partial charge in [-0.1, -0.05) is 0 Å². The van der Waals surface area contributed by atoms with E-state index in [-0.39, 0.29) is 6.04 Å². The van der Waals surface area contributed by atoms with Crippen LogP contribution in [0.3, 0.4) is 0 Å². The van der Waals surface area contributed by atoms with Crippen LogP contribution in [0.5, 0.6) is 0 Å². The van der Waals surface area contributed by atoms with Gasteiger partial charge in [0.15, 0.2) is 0 Å². The lowest BCUT2D eigenvalue weighted by atomic mass is 10.2. The van der Waals surface area contributed by atoms with Gasteiger partial charge in [-0.05, 0) is 37.9 Å². The van der Waals surface area contributed by atoms with Crippen molar-refractivity contribution in [3.63, 3.8) is 0 Å². The first kappa shape index (κ1) is 12.6. The summed E-state index contributed by atoms with van der Waals surface area (Å²) in [7, 11) is 2.06. The molecule has 17 heavy (non-hydrogen) atoms. The van der Waals surface area contributed by atoms with E-state index in [4.69, 9.17) is 14.9 Å². The van der Waals surface area contributed by atoms with Crippen LogP contribution in [0.15, 0.2) is 22.8 Å². The lowest BCUT2D eigenvalue weighted by Crippen LogP contribution is -2.32. The van der Waals surface area contributed by atoms with E-state index >= 15 is 0 Å². The second-order valence-electron chi connectivity index (χ2n) is 4.77. The zero-order valence-electron chi connectivity index (χ0n) is 10.5. The maximum absolute atomic E-state index is 5.78. The summed E-state index contributed by atoms with van der Waals surface area (Å²) in [6.07, 6.45) is 4.37. The highest BCUT2D eigenvalue weighted by molar-refractivity contribution is 5.04. The van der Waals surface area contributed by atoms with Gasteiger partial charge in [0.2, 0.25) is 0 Å². The minimum Gasteiger partial charge on any atom is -0.468 e. The molecular formula is C13H22N2O2. The number of furan rings is 1. The van der Waals surface area contributed by atoms with E-state index < -0.39 is 0 Å². The van der Waals surface area contributed by atoms with Gasteiger partial charge in [-0.25, -0.2) is 0 Å². The van der Waals surface area contributed by atoms with Gasteiger partial charge >= 0.3 is 0 Å². The molecule has 0 bridgehead atoms. The molecule has 1 saturated carbocycles. The number of nitrogens with zero attached hydrogens (tertiary/aromatic N) is 1. The Hall–Kier alpha value is -0.840. The highest BCUT2D eigenvalue weighted by Gasteiger charge is 2.21. The highest BCUT2D eigenvalue weighted by atomic mass is 16.5. The third-order valence-corrected chi connectivity index (χ3v) is 3.27. The third-order valence-electron chi connectivity index (χ3n) is 3.27. The van der Waals surface area contributed by atoms with Gasteiger partial charge < -0.3 is 14.9 Å². The predicted molar refractivity (Wildman–Crippen MR) is 66.7 cm³/mol. The highest BCUT2D eigenvalue weighted by Crippen LogP contribution is 2.28. The van der Waals surface area contributed by atoms with Crippen molar-refractivity contribution < 1.29 is 9.15 Å². The maximum atomic E-state index is 5.78. The number of hydrogen-bond donors (Lipinski definition) is 1. The summed E-state index contributed by atoms with van der Waals surface area (Å²) in [6.45, 7) is 3.13. The molecule has 2 N–H and O–H groups in total. The number of rotatable bonds is 8. The first-order valence-electron chi connectivity index (χ1n) is 6.32. The summed E-state index contributed by atoms with van der Waals surface area (Å²) in [5, 5.41) is 0. The molecule has 1 atom stereocenters. The lowest BCUT2D eigenvalue weighted by Gasteiger charge is -2.25. The van der Waals surface area contributed by atoms with Crippen LogP contribution in [-0.2, 0) is 4.74 Å². The van der Waals surface area contributed by atoms with E-state index in [1.54, 1.807) is 6.26 Å². The van der Waals surface area contributed by atoms with Crippen LogP contribution in [0.4, 0.5) is 0 Å². The molecule has 1 unspecified atom stereocenters. The number of ether oxygens (including phenoxy) is 1. The molecule has 4 nitrogen and oxygen atoms in total. The molecule has 1 aliphatic carbocycles. The van der Waals surface area contributed by atoms with Gasteiger partial charge in [0.25, 0.3) is 0 Å². The molecule has 2 rings (SSSR count). The standard InChI is InChI=1S/C13H22N2O2/c1-15(6-8-16-10-11-4-5-11)12(9-14)13-3-2-7-17-13/h2-3,7,11-12H,4-6,8-10,14H2,1H3. The Morgan fingerprint density at radius 2 is 2.41 bits per heavy atom. The SMILES string of the molecule is CN(CCOCC1CC1)C(CN)c1ccco1. The van der Waals surface area contributed by atoms with Gasteiger partial charge in [0.1, 0.15) is 5.76 Å². The topological polar surface area (TPSA) is 51.6 Å². The Bertz CT molecular complexity index is 309. The van der Waals surface area contributed by atoms with E-state index in [9.17, 15) is 0 Å². The summed E-state index contributed by atoms with van der Waals surface area (Å²) >= 11 is 0. The van der Waals surface area contributed by atoms with Crippen molar-refractivity contribution in [1.29, 1.82) is 0 Å². The molecule has 1 aromatic rings. The largest absolute Gasteiger partial charge is 0.468 e. The summed E-state index contributed by atoms with van der Waals surface area (Å²) in [5.41, 5.74) is 5.78. The van der Waals surface area contributed by atoms with Crippen molar-refractivity contribution in [2.75, 3.05) is 33.4 Å². The third kappa shape index (κ3) is 3.84. The van der Waals surface area contributed by atoms with Crippen molar-refractivity contribution in [3.05, 3.63) is 24.2 Å². The van der Waals surface area contributed by atoms with Crippen LogP contribution in [0.25, 0.3) is 0 Å². The summed E-state index contributed by atoms with van der Waals surface area (Å²) in [5.74, 6) is 1.76. The van der Waals surface area contributed by atoms with Gasteiger partial charge in [0, 0.05) is 19.7 Å². The monoisotopic (exact) mass is 238 g/mol. The molecule has 0 spiro atoms. The number of nitrogens with two attached hydrogens (primary N) is 1. The molecule has 0 amide bonds. The normalized spacial score (nSPS) is 17.6. The van der Waals surface area contributed by atoms with Crippen molar-refractivity contribution in [3.8, 4) is 0 Å². The Kier molecular flexibility index (Phi) is 4.59. The molecular weight excluding hydrogens is 216 g/mol. The van der Waals surface area contributed by atoms with Gasteiger partial charge in [-0.2, -0.15) is 0 Å². The fraction of sp³-hybridized carbons (Fsp3) is 0.692. The van der Waals surface area contributed by atoms with Gasteiger partial charge in [-0.3, -0.25) is 4.90 Å². The molecule has 96 valence electrons. The van der Waals surface area contributed by atoms with Crippen LogP contribution < -0.4 is 5.73 Å². The molecule has 0 aromatic carbocycles. The van der Waals surface area contributed by atoms with E-state index in [0.29, 0.717) is 6.54 Å². The average Bonchev–Trinajstić information content (AvgIpc) is 3.00. The summed E-state index contributed by atoms with van der Waals surface area (Å²) in [6, 6.07) is 4.02. The summed E-state index contributed by atoms with van der Waals surface area (Å²) < 4.78 is 11.0. The van der Waals surface area contributed by atoms with Crippen LogP contribution in [0.1, 0.15) is 24.6 Å². The van der Waals surface area contributed by atoms with Crippen LogP contribution in [-0.4, -0.2) is 38.3 Å². The first-order valence-corrected chi connectivity index (χ1v) is 6.32. The van der Waals surface area contributed by atoms with Crippen LogP contribution >= 0.6 is 0 Å². The smallest absolute Gasteiger partial charge is 0.122 e. The molecule has 0 aliphatic heterocycles. The van der Waals surface area contributed by atoms with Gasteiger partial charge in [0.05, 0.1) is 18.9 Å². The Morgan fingerprint density at radius 1 is 1.59 bits per heavy atom. The van der Waals surface area contributed by atoms with E-state index in [0.717, 1.165) is 31.4 Å². The maximum Gasteiger partial charge on any atom is 0.122 e. The zero-order valence-corrected chi connectivity index (χ0v) is 10.5. The average molecular weight is 238 g/mol. The summed E-state index contributed by atoms with van der Waals surface area (Å²) in [4.78, 5) is 2.19. The second kappa shape index (κ2) is 6.19. The molecule has 1 heterocycles. The van der Waals surface area contributed by atoms with Gasteiger partial charge in [-0.15, -0.1) is 0 Å². The quantitative estimate of drug-likeness (QED) is 0.699. The fourth-order valence-electron chi connectivity index (χ4n) is 1.89. The van der Waals surface area contributed by atoms with Crippen molar-refractivity contribution in [2.45, 2.75) is 18.9 Å². The molecule has 1 fully saturated rings. The second-order valence-corrected chi connectivity index (χ2v) is 4.77. The van der Waals surface area contributed by atoms with E-state index in [2.05, 4.69) is 11.9 Å². The Morgan fingerprint density at radius 3 is 3.00 bits per heavy atom. The lowest BCUT2D eigenvalue weighted by molar-refractivity contribution is 0.0887. The zero-order chi connectivity index (χ0) is 12.1. The number of hydrogen-bond acceptors (Lipinski definition) is 4. The molecule has 0 saturated heterocycles. The van der Waals surface area contributed by atoms with Crippen molar-refractivity contribution in [2.24, 2.45) is 11.7 Å². The van der Waals surface area contributed by atoms with E-state index in [1.807, 2.05) is 12.1 Å². The van der Waals surface area contributed by atoms with Crippen molar-refractivity contribution in [1.82, 2.24) is 4.90 Å². The molecule has 0 radical (unpaired) electrons.